The van der Waals surface area contributed by atoms with Crippen LogP contribution in [-0.2, 0) is 4.84 Å². The van der Waals surface area contributed by atoms with Crippen LogP contribution in [0.15, 0.2) is 17.0 Å². The third-order valence-corrected chi connectivity index (χ3v) is 2.25. The Hall–Kier alpha value is -0.790. The van der Waals surface area contributed by atoms with Crippen molar-refractivity contribution in [3.63, 3.8) is 0 Å². The zero-order valence-electron chi connectivity index (χ0n) is 12.4. The van der Waals surface area contributed by atoms with Crippen molar-refractivity contribution in [2.24, 2.45) is 22.9 Å². The summed E-state index contributed by atoms with van der Waals surface area (Å²) in [5.41, 5.74) is 0. The second-order valence-corrected chi connectivity index (χ2v) is 5.83. The zero-order chi connectivity index (χ0) is 13.3. The minimum Gasteiger partial charge on any atom is -0.362 e. The molecule has 0 aromatic carbocycles. The molecule has 0 aliphatic rings. The molecule has 0 amide bonds. The summed E-state index contributed by atoms with van der Waals surface area (Å²) in [4.78, 5) is 5.48. The first-order chi connectivity index (χ1) is 7.91. The van der Waals surface area contributed by atoms with E-state index in [-0.39, 0.29) is 0 Å². The number of nitrogens with zero attached hydrogens (tertiary/aromatic N) is 1. The molecule has 0 saturated carbocycles. The third-order valence-electron chi connectivity index (χ3n) is 2.25. The van der Waals surface area contributed by atoms with Crippen LogP contribution in [0.4, 0.5) is 0 Å². The van der Waals surface area contributed by atoms with E-state index in [1.54, 1.807) is 0 Å². The van der Waals surface area contributed by atoms with E-state index >= 15 is 0 Å². The predicted molar refractivity (Wildman–Crippen MR) is 76.0 cm³/mol. The number of oxime groups is 1. The van der Waals surface area contributed by atoms with Crippen LogP contribution in [0.5, 0.6) is 0 Å². The zero-order valence-corrected chi connectivity index (χ0v) is 12.4. The Morgan fingerprint density at radius 2 is 1.71 bits per heavy atom. The molecule has 0 saturated heterocycles. The maximum Gasteiger partial charge on any atom is 0.131 e. The Balaban J connectivity index is 4.22. The summed E-state index contributed by atoms with van der Waals surface area (Å²) in [5.74, 6) is 2.80. The number of allylic oxidation sites excluding steroid dienone is 2. The van der Waals surface area contributed by atoms with Gasteiger partial charge in [-0.2, -0.15) is 0 Å². The van der Waals surface area contributed by atoms with E-state index in [9.17, 15) is 0 Å². The molecular formula is C15H29NO. The maximum atomic E-state index is 5.48. The maximum absolute atomic E-state index is 5.48. The first-order valence-electron chi connectivity index (χ1n) is 6.81. The van der Waals surface area contributed by atoms with E-state index < -0.39 is 0 Å². The second kappa shape index (κ2) is 9.26. The van der Waals surface area contributed by atoms with Gasteiger partial charge in [0.2, 0.25) is 0 Å². The van der Waals surface area contributed by atoms with Crippen molar-refractivity contribution in [3.05, 3.63) is 11.8 Å². The van der Waals surface area contributed by atoms with Crippen molar-refractivity contribution in [2.45, 2.75) is 60.8 Å². The summed E-state index contributed by atoms with van der Waals surface area (Å²) in [6.07, 6.45) is 7.29. The summed E-state index contributed by atoms with van der Waals surface area (Å²) >= 11 is 0. The molecule has 0 atom stereocenters. The lowest BCUT2D eigenvalue weighted by Gasteiger charge is -2.08. The predicted octanol–water partition coefficient (Wildman–Crippen LogP) is 5.01. The van der Waals surface area contributed by atoms with E-state index in [2.05, 4.69) is 52.8 Å². The smallest absolute Gasteiger partial charge is 0.131 e. The Labute approximate surface area is 107 Å². The van der Waals surface area contributed by atoms with Crippen molar-refractivity contribution in [3.8, 4) is 0 Å². The second-order valence-electron chi connectivity index (χ2n) is 5.83. The summed E-state index contributed by atoms with van der Waals surface area (Å²) in [7, 11) is 0. The molecule has 0 spiro atoms. The molecule has 0 fully saturated rings. The lowest BCUT2D eigenvalue weighted by Crippen LogP contribution is -1.96. The Morgan fingerprint density at radius 1 is 1.06 bits per heavy atom. The molecule has 2 nitrogen and oxygen atoms in total. The molecule has 0 aromatic rings. The number of hydrogen-bond acceptors (Lipinski definition) is 2. The largest absolute Gasteiger partial charge is 0.362 e. The van der Waals surface area contributed by atoms with Gasteiger partial charge in [0.05, 0.1) is 0 Å². The lowest BCUT2D eigenvalue weighted by atomic mass is 10.1. The normalized spacial score (nSPS) is 13.4. The van der Waals surface area contributed by atoms with E-state index in [4.69, 9.17) is 4.84 Å². The van der Waals surface area contributed by atoms with Crippen LogP contribution in [0.3, 0.4) is 0 Å². The van der Waals surface area contributed by atoms with E-state index in [0.29, 0.717) is 11.8 Å². The van der Waals surface area contributed by atoms with Crippen LogP contribution in [0, 0.1) is 17.8 Å². The first kappa shape index (κ1) is 16.2. The van der Waals surface area contributed by atoms with Crippen molar-refractivity contribution in [1.29, 1.82) is 0 Å². The van der Waals surface area contributed by atoms with Gasteiger partial charge in [-0.15, -0.1) is 0 Å². The van der Waals surface area contributed by atoms with Crippen LogP contribution < -0.4 is 0 Å². The SMILES string of the molecule is CC(C)/C=N/O/C(=C\CCC(C)C)CC(C)C. The van der Waals surface area contributed by atoms with Gasteiger partial charge >= 0.3 is 0 Å². The molecule has 17 heavy (non-hydrogen) atoms. The summed E-state index contributed by atoms with van der Waals surface area (Å²) < 4.78 is 0. The molecule has 0 aromatic heterocycles. The van der Waals surface area contributed by atoms with Crippen molar-refractivity contribution < 1.29 is 4.84 Å². The van der Waals surface area contributed by atoms with Crippen LogP contribution >= 0.6 is 0 Å². The fourth-order valence-corrected chi connectivity index (χ4v) is 1.36. The topological polar surface area (TPSA) is 21.6 Å². The van der Waals surface area contributed by atoms with Crippen LogP contribution in [-0.4, -0.2) is 6.21 Å². The first-order valence-corrected chi connectivity index (χ1v) is 6.81. The summed E-state index contributed by atoms with van der Waals surface area (Å²) in [5, 5.41) is 4.03. The monoisotopic (exact) mass is 239 g/mol. The number of rotatable bonds is 8. The van der Waals surface area contributed by atoms with Gasteiger partial charge in [-0.05, 0) is 36.7 Å². The van der Waals surface area contributed by atoms with Gasteiger partial charge in [0.25, 0.3) is 0 Å². The van der Waals surface area contributed by atoms with Crippen LogP contribution in [0.1, 0.15) is 60.8 Å². The minimum absolute atomic E-state index is 0.436. The van der Waals surface area contributed by atoms with Gasteiger partial charge in [0.1, 0.15) is 5.76 Å². The molecule has 2 heteroatoms. The van der Waals surface area contributed by atoms with Gasteiger partial charge in [0, 0.05) is 12.6 Å². The average Bonchev–Trinajstić information content (AvgIpc) is 2.15. The van der Waals surface area contributed by atoms with Crippen LogP contribution in [0.25, 0.3) is 0 Å². The van der Waals surface area contributed by atoms with Crippen LogP contribution in [0.2, 0.25) is 0 Å². The van der Waals surface area contributed by atoms with Crippen molar-refractivity contribution >= 4 is 6.21 Å². The number of hydrogen-bond donors (Lipinski definition) is 0. The lowest BCUT2D eigenvalue weighted by molar-refractivity contribution is 0.206. The Bertz CT molecular complexity index is 239. The molecule has 100 valence electrons. The Morgan fingerprint density at radius 3 is 2.18 bits per heavy atom. The van der Waals surface area contributed by atoms with E-state index in [1.165, 1.54) is 6.42 Å². The highest BCUT2D eigenvalue weighted by Crippen LogP contribution is 2.15. The summed E-state index contributed by atoms with van der Waals surface area (Å²) in [6, 6.07) is 0. The summed E-state index contributed by atoms with van der Waals surface area (Å²) in [6.45, 7) is 13.1. The highest BCUT2D eigenvalue weighted by molar-refractivity contribution is 5.58. The van der Waals surface area contributed by atoms with Gasteiger partial charge in [-0.25, -0.2) is 0 Å². The van der Waals surface area contributed by atoms with Gasteiger partial charge in [0.15, 0.2) is 0 Å². The Kier molecular flexibility index (Phi) is 8.83. The molecule has 0 aliphatic heterocycles. The quantitative estimate of drug-likeness (QED) is 0.331. The van der Waals surface area contributed by atoms with E-state index in [0.717, 1.165) is 24.5 Å². The molecule has 0 bridgehead atoms. The minimum atomic E-state index is 0.436. The van der Waals surface area contributed by atoms with Gasteiger partial charge < -0.3 is 4.84 Å². The molecule has 0 unspecified atom stereocenters. The fraction of sp³-hybridized carbons (Fsp3) is 0.800. The average molecular weight is 239 g/mol. The van der Waals surface area contributed by atoms with Crippen molar-refractivity contribution in [1.82, 2.24) is 0 Å². The standard InChI is InChI=1S/C15H29NO/c1-12(2)8-7-9-15(10-13(3)4)17-16-11-14(5)6/h9,11-14H,7-8,10H2,1-6H3/b15-9-,16-11+. The molecule has 0 rings (SSSR count). The molecule has 0 N–H and O–H groups in total. The fourth-order valence-electron chi connectivity index (χ4n) is 1.36. The molecular weight excluding hydrogens is 210 g/mol. The van der Waals surface area contributed by atoms with E-state index in [1.807, 2.05) is 6.21 Å². The van der Waals surface area contributed by atoms with Crippen molar-refractivity contribution in [2.75, 3.05) is 0 Å². The molecule has 0 heterocycles. The highest BCUT2D eigenvalue weighted by atomic mass is 16.6. The highest BCUT2D eigenvalue weighted by Gasteiger charge is 2.03. The molecule has 0 aliphatic carbocycles. The van der Waals surface area contributed by atoms with Gasteiger partial charge in [-0.1, -0.05) is 46.7 Å². The van der Waals surface area contributed by atoms with Gasteiger partial charge in [-0.3, -0.25) is 0 Å². The third kappa shape index (κ3) is 11.5. The molecule has 0 radical (unpaired) electrons.